The summed E-state index contributed by atoms with van der Waals surface area (Å²) in [4.78, 5) is 133. The van der Waals surface area contributed by atoms with Crippen molar-refractivity contribution in [2.75, 3.05) is 78.0 Å². The van der Waals surface area contributed by atoms with Gasteiger partial charge in [0.15, 0.2) is 45.1 Å². The van der Waals surface area contributed by atoms with Crippen molar-refractivity contribution in [3.63, 3.8) is 0 Å². The van der Waals surface area contributed by atoms with Gasteiger partial charge in [-0.15, -0.1) is 6.58 Å². The minimum Gasteiger partial charge on any atom is -0.467 e. The lowest BCUT2D eigenvalue weighted by molar-refractivity contribution is -0.384. The number of fused-ring (bicyclic) bond motifs is 3. The molecule has 0 fully saturated rings. The van der Waals surface area contributed by atoms with E-state index in [1.165, 1.54) is 62.5 Å². The third kappa shape index (κ3) is 25.4. The van der Waals surface area contributed by atoms with E-state index in [4.69, 9.17) is 42.6 Å². The first-order valence-electron chi connectivity index (χ1n) is 35.5. The molecule has 576 valence electrons. The van der Waals surface area contributed by atoms with Crippen LogP contribution in [0.2, 0.25) is 0 Å². The van der Waals surface area contributed by atoms with Gasteiger partial charge in [0.1, 0.15) is 47.9 Å². The number of anilines is 5. The molecule has 0 spiro atoms. The van der Waals surface area contributed by atoms with E-state index in [0.29, 0.717) is 66.6 Å². The number of aromatic nitrogens is 12. The molecule has 0 aliphatic rings. The van der Waals surface area contributed by atoms with Gasteiger partial charge >= 0.3 is 36.2 Å². The number of unbranched alkanes of at least 4 members (excludes halogenated alkanes) is 6. The molecule has 106 heavy (non-hydrogen) atoms. The maximum Gasteiger partial charge on any atom is 0.417 e. The van der Waals surface area contributed by atoms with Gasteiger partial charge in [-0.05, 0) is 121 Å². The summed E-state index contributed by atoms with van der Waals surface area (Å²) in [6.07, 6.45) is 13.9. The van der Waals surface area contributed by atoms with Gasteiger partial charge in [-0.3, -0.25) is 24.5 Å². The lowest BCUT2D eigenvalue weighted by Crippen LogP contribution is -2.39. The molecular weight excluding hydrogens is 1370 g/mol. The van der Waals surface area contributed by atoms with Gasteiger partial charge in [0.2, 0.25) is 17.8 Å². The Kier molecular flexibility index (Phi) is 31.4. The number of nitrogens with one attached hydrogen (secondary N) is 1. The van der Waals surface area contributed by atoms with Gasteiger partial charge in [-0.2, -0.15) is 29.9 Å². The molecule has 1 aromatic carbocycles. The summed E-state index contributed by atoms with van der Waals surface area (Å²) in [5, 5.41) is 14.4. The number of esters is 3. The number of furan rings is 1. The first kappa shape index (κ1) is 83.9. The largest absolute Gasteiger partial charge is 0.467 e. The van der Waals surface area contributed by atoms with E-state index in [9.17, 15) is 38.9 Å². The smallest absolute Gasteiger partial charge is 0.417 e. The number of benzene rings is 1. The third-order valence-corrected chi connectivity index (χ3v) is 14.6. The molecule has 0 aliphatic heterocycles. The van der Waals surface area contributed by atoms with Crippen LogP contribution in [0.15, 0.2) is 78.7 Å². The highest BCUT2D eigenvalue weighted by Crippen LogP contribution is 2.33. The molecular formula is C72H102N18O16. The van der Waals surface area contributed by atoms with Gasteiger partial charge in [0, 0.05) is 39.3 Å². The summed E-state index contributed by atoms with van der Waals surface area (Å²) in [6.45, 7) is 33.7. The number of nitrogens with zero attached hydrogens (tertiary/aromatic N) is 17. The van der Waals surface area contributed by atoms with E-state index in [1.807, 2.05) is 72.5 Å². The van der Waals surface area contributed by atoms with Crippen LogP contribution in [-0.2, 0) is 69.0 Å². The quantitative estimate of drug-likeness (QED) is 0.00996. The zero-order valence-electron chi connectivity index (χ0n) is 63.8. The summed E-state index contributed by atoms with van der Waals surface area (Å²) in [6, 6.07) is 9.27. The number of carbonyl (C=O) groups excluding carboxylic acids is 6. The highest BCUT2D eigenvalue weighted by Gasteiger charge is 2.32. The van der Waals surface area contributed by atoms with Crippen molar-refractivity contribution >= 4 is 105 Å². The van der Waals surface area contributed by atoms with Crippen molar-refractivity contribution in [1.29, 1.82) is 0 Å². The summed E-state index contributed by atoms with van der Waals surface area (Å²) >= 11 is 0. The molecule has 7 heterocycles. The highest BCUT2D eigenvalue weighted by molar-refractivity contribution is 5.92. The molecule has 1 N–H and O–H groups in total. The van der Waals surface area contributed by atoms with E-state index in [2.05, 4.69) is 65.6 Å². The number of rotatable bonds is 33. The fourth-order valence-electron chi connectivity index (χ4n) is 9.95. The second kappa shape index (κ2) is 39.7. The van der Waals surface area contributed by atoms with Crippen molar-refractivity contribution in [2.24, 2.45) is 0 Å². The van der Waals surface area contributed by atoms with Crippen molar-refractivity contribution in [3.05, 3.63) is 90.2 Å². The average Bonchev–Trinajstić information content (AvgIpc) is 1.57. The second-order valence-corrected chi connectivity index (χ2v) is 27.1. The van der Waals surface area contributed by atoms with Gasteiger partial charge in [-0.1, -0.05) is 71.4 Å². The number of nitro benzene ring substituents is 1. The molecule has 0 saturated carbocycles. The lowest BCUT2D eigenvalue weighted by atomic mass is 10.2. The van der Waals surface area contributed by atoms with Crippen LogP contribution in [0.3, 0.4) is 0 Å². The predicted molar refractivity (Wildman–Crippen MR) is 398 cm³/mol. The van der Waals surface area contributed by atoms with Crippen molar-refractivity contribution < 1.29 is 71.3 Å². The molecule has 0 aliphatic carbocycles. The van der Waals surface area contributed by atoms with Crippen molar-refractivity contribution in [2.45, 2.75) is 205 Å². The van der Waals surface area contributed by atoms with Crippen molar-refractivity contribution in [1.82, 2.24) is 58.6 Å². The summed E-state index contributed by atoms with van der Waals surface area (Å²) in [5.41, 5.74) is -0.0673. The van der Waals surface area contributed by atoms with Crippen LogP contribution in [0, 0.1) is 10.1 Å². The topological polar surface area (TPSA) is 379 Å². The van der Waals surface area contributed by atoms with E-state index >= 15 is 0 Å². The van der Waals surface area contributed by atoms with E-state index in [1.54, 1.807) is 63.0 Å². The van der Waals surface area contributed by atoms with Gasteiger partial charge in [0.25, 0.3) is 11.6 Å². The molecule has 34 heteroatoms. The Labute approximate surface area is 616 Å². The van der Waals surface area contributed by atoms with Crippen LogP contribution in [0.4, 0.5) is 49.6 Å². The molecule has 7 aromatic heterocycles. The highest BCUT2D eigenvalue weighted by atomic mass is 16.6. The first-order valence-corrected chi connectivity index (χ1v) is 35.5. The third-order valence-electron chi connectivity index (χ3n) is 14.6. The van der Waals surface area contributed by atoms with Crippen LogP contribution >= 0.6 is 0 Å². The SMILES string of the molecule is C=CCNc1nc(N(CCCCC)C(=O)OC(C)(C)C)nc2c1ncn2CC(=O)OCC.CCCCCN(C(=O)OC(C)(C)C)c1nc(N(C)Cc2ccco2)c2ncn(CC(=O)OCC)c2n1.CCCCCN(C(=O)OC(C)(C)C)c1nc(Oc2cccc([N+](=O)[O-])c2)c2ncn(CC(=O)OCC)c2n1. The van der Waals surface area contributed by atoms with E-state index in [0.717, 1.165) is 57.1 Å². The van der Waals surface area contributed by atoms with Gasteiger partial charge in [0.05, 0.1) is 62.6 Å². The number of ether oxygens (including phenoxy) is 7. The van der Waals surface area contributed by atoms with Crippen LogP contribution in [0.25, 0.3) is 33.5 Å². The molecule has 0 saturated heterocycles. The number of non-ortho nitro benzene ring substituents is 1. The number of carbonyl (C=O) groups is 6. The molecule has 8 aromatic rings. The number of nitro groups is 1. The maximum atomic E-state index is 13.2. The average molecular weight is 1480 g/mol. The van der Waals surface area contributed by atoms with Crippen LogP contribution in [0.1, 0.15) is 167 Å². The van der Waals surface area contributed by atoms with Crippen LogP contribution < -0.4 is 29.7 Å². The minimum absolute atomic E-state index is 0.0195. The molecule has 0 unspecified atom stereocenters. The van der Waals surface area contributed by atoms with Gasteiger partial charge < -0.3 is 61.5 Å². The molecule has 34 nitrogen and oxygen atoms in total. The standard InChI is InChI=1S/C25H32N6O7.C25H36N6O5.C22H34N6O4/c1-6-8-9-13-30(24(33)38-25(3,4)5)23-27-21-20(26-16-29(21)15-19(32)36-7-2)22(28-23)37-18-12-10-11-17(14-18)31(34)35;1-7-9-10-13-31(24(33)36-25(3,4)5)23-27-21(29(6)15-18-12-11-14-35-18)20-22(28-23)30(17-26-20)16-19(32)34-8-2;1-7-10-11-13-28(21(30)32-22(4,5)6)20-25-18(23-12-8-2)17-19(26-20)27(15-24-17)14-16(29)31-9-3/h10-12,14,16H,6-9,13,15H2,1-5H3;11-12,14,17H,7-10,13,15-16H2,1-6H3;8,15H,2,7,9-14H2,1,3-6H3,(H,23,25,26). The Balaban J connectivity index is 0.000000250. The van der Waals surface area contributed by atoms with E-state index < -0.39 is 57.9 Å². The van der Waals surface area contributed by atoms with E-state index in [-0.39, 0.29) is 92.3 Å². The van der Waals surface area contributed by atoms with Crippen LogP contribution in [-0.4, -0.2) is 170 Å². The number of hydrogen-bond acceptors (Lipinski definition) is 27. The maximum absolute atomic E-state index is 13.2. The van der Waals surface area contributed by atoms with Crippen molar-refractivity contribution in [3.8, 4) is 11.6 Å². The Bertz CT molecular complexity index is 4230. The number of hydrogen-bond donors (Lipinski definition) is 1. The Morgan fingerprint density at radius 1 is 0.566 bits per heavy atom. The molecule has 0 bridgehead atoms. The first-order chi connectivity index (χ1) is 50.3. The molecule has 0 atom stereocenters. The minimum atomic E-state index is -0.766. The Morgan fingerprint density at radius 3 is 1.41 bits per heavy atom. The molecule has 0 radical (unpaired) electrons. The summed E-state index contributed by atoms with van der Waals surface area (Å²) in [5.74, 6) is 0.804. The zero-order valence-corrected chi connectivity index (χ0v) is 63.8. The predicted octanol–water partition coefficient (Wildman–Crippen LogP) is 13.5. The Morgan fingerprint density at radius 2 is 0.991 bits per heavy atom. The monoisotopic (exact) mass is 1470 g/mol. The normalized spacial score (nSPS) is 11.4. The fraction of sp³-hybridized carbons (Fsp3) is 0.542. The fourth-order valence-corrected chi connectivity index (χ4v) is 9.95. The van der Waals surface area contributed by atoms with Gasteiger partial charge in [-0.25, -0.2) is 44.0 Å². The summed E-state index contributed by atoms with van der Waals surface area (Å²) < 4.78 is 48.1. The number of amides is 3. The summed E-state index contributed by atoms with van der Waals surface area (Å²) in [7, 11) is 1.85. The zero-order chi connectivity index (χ0) is 77.9. The van der Waals surface area contributed by atoms with Crippen LogP contribution in [0.5, 0.6) is 11.6 Å². The number of imidazole rings is 3. The lowest BCUT2D eigenvalue weighted by Gasteiger charge is -2.27. The molecule has 3 amide bonds. The second-order valence-electron chi connectivity index (χ2n) is 27.1. The Hall–Kier alpha value is -11.1. The molecule has 8 rings (SSSR count).